The van der Waals surface area contributed by atoms with E-state index in [1.165, 1.54) is 0 Å². The third-order valence-electron chi connectivity index (χ3n) is 4.20. The summed E-state index contributed by atoms with van der Waals surface area (Å²) in [6, 6.07) is 23.9. The molecule has 1 atom stereocenters. The first kappa shape index (κ1) is 20.4. The predicted molar refractivity (Wildman–Crippen MR) is 115 cm³/mol. The summed E-state index contributed by atoms with van der Waals surface area (Å²) in [5.41, 5.74) is 0.980. The normalized spacial score (nSPS) is 12.1. The van der Waals surface area contributed by atoms with Gasteiger partial charge in [-0.05, 0) is 55.5 Å². The lowest BCUT2D eigenvalue weighted by Gasteiger charge is -2.28. The SMILES string of the molecule is CC(C(=O)Nc1ccc(Oc2ccccc2)cc1)N(c1ccccc1)S(C)(=O)=O. The summed E-state index contributed by atoms with van der Waals surface area (Å²) in [4.78, 5) is 12.7. The van der Waals surface area contributed by atoms with Crippen molar-refractivity contribution in [3.05, 3.63) is 84.9 Å². The molecule has 0 fully saturated rings. The van der Waals surface area contributed by atoms with Gasteiger partial charge < -0.3 is 10.1 Å². The second-order valence-corrected chi connectivity index (χ2v) is 8.36. The number of carbonyl (C=O) groups is 1. The number of amides is 1. The minimum Gasteiger partial charge on any atom is -0.457 e. The Bertz CT molecular complexity index is 1050. The summed E-state index contributed by atoms with van der Waals surface area (Å²) in [5.74, 6) is 0.907. The first-order chi connectivity index (χ1) is 13.8. The van der Waals surface area contributed by atoms with Crippen LogP contribution in [-0.4, -0.2) is 26.6 Å². The first-order valence-electron chi connectivity index (χ1n) is 9.03. The average Bonchev–Trinajstić information content (AvgIpc) is 2.70. The van der Waals surface area contributed by atoms with Crippen molar-refractivity contribution >= 4 is 27.3 Å². The van der Waals surface area contributed by atoms with Gasteiger partial charge in [0.1, 0.15) is 17.5 Å². The lowest BCUT2D eigenvalue weighted by molar-refractivity contribution is -0.116. The molecule has 6 nitrogen and oxygen atoms in total. The average molecular weight is 410 g/mol. The summed E-state index contributed by atoms with van der Waals surface area (Å²) in [6.07, 6.45) is 1.08. The molecule has 0 saturated heterocycles. The number of para-hydroxylation sites is 2. The van der Waals surface area contributed by atoms with Crippen molar-refractivity contribution in [3.63, 3.8) is 0 Å². The molecule has 0 aromatic heterocycles. The number of ether oxygens (including phenoxy) is 1. The lowest BCUT2D eigenvalue weighted by atomic mass is 10.2. The van der Waals surface area contributed by atoms with Crippen molar-refractivity contribution in [2.75, 3.05) is 15.9 Å². The molecule has 1 amide bonds. The topological polar surface area (TPSA) is 75.7 Å². The quantitative estimate of drug-likeness (QED) is 0.631. The van der Waals surface area contributed by atoms with E-state index in [1.54, 1.807) is 61.5 Å². The van der Waals surface area contributed by atoms with Gasteiger partial charge in [0.05, 0.1) is 11.9 Å². The van der Waals surface area contributed by atoms with Gasteiger partial charge in [0.15, 0.2) is 0 Å². The molecule has 3 aromatic carbocycles. The van der Waals surface area contributed by atoms with Gasteiger partial charge in [0.25, 0.3) is 0 Å². The molecule has 7 heteroatoms. The minimum absolute atomic E-state index is 0.434. The number of rotatable bonds is 7. The number of nitrogens with zero attached hydrogens (tertiary/aromatic N) is 1. The predicted octanol–water partition coefficient (Wildman–Crippen LogP) is 4.27. The van der Waals surface area contributed by atoms with Gasteiger partial charge in [-0.1, -0.05) is 36.4 Å². The van der Waals surface area contributed by atoms with Crippen LogP contribution in [0.15, 0.2) is 84.9 Å². The van der Waals surface area contributed by atoms with E-state index in [0.717, 1.165) is 10.6 Å². The standard InChI is InChI=1S/C22H22N2O4S/c1-17(24(29(2,26)27)19-9-5-3-6-10-19)22(25)23-18-13-15-21(16-14-18)28-20-11-7-4-8-12-20/h3-17H,1-2H3,(H,23,25). The van der Waals surface area contributed by atoms with Crippen LogP contribution in [0.3, 0.4) is 0 Å². The van der Waals surface area contributed by atoms with E-state index in [1.807, 2.05) is 30.3 Å². The molecule has 0 aliphatic rings. The van der Waals surface area contributed by atoms with Crippen LogP contribution >= 0.6 is 0 Å². The second-order valence-electron chi connectivity index (χ2n) is 6.50. The van der Waals surface area contributed by atoms with Crippen LogP contribution in [0.5, 0.6) is 11.5 Å². The van der Waals surface area contributed by atoms with E-state index >= 15 is 0 Å². The summed E-state index contributed by atoms with van der Waals surface area (Å²) in [5, 5.41) is 2.75. The molecular weight excluding hydrogens is 388 g/mol. The number of anilines is 2. The molecule has 3 rings (SSSR count). The van der Waals surface area contributed by atoms with E-state index in [0.29, 0.717) is 22.9 Å². The third-order valence-corrected chi connectivity index (χ3v) is 5.44. The number of carbonyl (C=O) groups excluding carboxylic acids is 1. The van der Waals surface area contributed by atoms with Crippen molar-refractivity contribution in [2.45, 2.75) is 13.0 Å². The Hall–Kier alpha value is -3.32. The molecule has 0 radical (unpaired) electrons. The molecule has 1 unspecified atom stereocenters. The lowest BCUT2D eigenvalue weighted by Crippen LogP contribution is -2.45. The van der Waals surface area contributed by atoms with Crippen molar-refractivity contribution in [3.8, 4) is 11.5 Å². The van der Waals surface area contributed by atoms with Gasteiger partial charge in [-0.15, -0.1) is 0 Å². The summed E-state index contributed by atoms with van der Waals surface area (Å²) in [6.45, 7) is 1.55. The monoisotopic (exact) mass is 410 g/mol. The van der Waals surface area contributed by atoms with Crippen molar-refractivity contribution in [1.29, 1.82) is 0 Å². The van der Waals surface area contributed by atoms with Crippen LogP contribution in [0.25, 0.3) is 0 Å². The van der Waals surface area contributed by atoms with Crippen LogP contribution in [0.1, 0.15) is 6.92 Å². The van der Waals surface area contributed by atoms with Gasteiger partial charge >= 0.3 is 0 Å². The minimum atomic E-state index is -3.64. The molecule has 150 valence electrons. The zero-order chi connectivity index (χ0) is 20.9. The highest BCUT2D eigenvalue weighted by molar-refractivity contribution is 7.92. The van der Waals surface area contributed by atoms with Crippen LogP contribution < -0.4 is 14.4 Å². The largest absolute Gasteiger partial charge is 0.457 e. The molecule has 3 aromatic rings. The van der Waals surface area contributed by atoms with Crippen LogP contribution in [0.4, 0.5) is 11.4 Å². The fourth-order valence-electron chi connectivity index (χ4n) is 2.86. The van der Waals surface area contributed by atoms with Crippen molar-refractivity contribution in [1.82, 2.24) is 0 Å². The number of benzene rings is 3. The number of sulfonamides is 1. The van der Waals surface area contributed by atoms with Gasteiger partial charge in [-0.2, -0.15) is 0 Å². The number of nitrogens with one attached hydrogen (secondary N) is 1. The molecule has 0 bridgehead atoms. The van der Waals surface area contributed by atoms with E-state index in [9.17, 15) is 13.2 Å². The van der Waals surface area contributed by atoms with Crippen molar-refractivity contribution in [2.24, 2.45) is 0 Å². The van der Waals surface area contributed by atoms with E-state index < -0.39 is 22.0 Å². The fourth-order valence-corrected chi connectivity index (χ4v) is 4.04. The Balaban J connectivity index is 1.71. The van der Waals surface area contributed by atoms with E-state index in [2.05, 4.69) is 5.32 Å². The Labute approximate surface area is 170 Å². The smallest absolute Gasteiger partial charge is 0.247 e. The molecule has 0 spiro atoms. The van der Waals surface area contributed by atoms with Gasteiger partial charge in [-0.3, -0.25) is 9.10 Å². The zero-order valence-corrected chi connectivity index (χ0v) is 17.0. The maximum absolute atomic E-state index is 12.7. The van der Waals surface area contributed by atoms with E-state index in [4.69, 9.17) is 4.74 Å². The van der Waals surface area contributed by atoms with Crippen molar-refractivity contribution < 1.29 is 17.9 Å². The van der Waals surface area contributed by atoms with Gasteiger partial charge in [0.2, 0.25) is 15.9 Å². The molecule has 0 aliphatic heterocycles. The Morgan fingerprint density at radius 3 is 1.93 bits per heavy atom. The Morgan fingerprint density at radius 1 is 0.862 bits per heavy atom. The molecular formula is C22H22N2O4S. The fraction of sp³-hybridized carbons (Fsp3) is 0.136. The molecule has 1 N–H and O–H groups in total. The van der Waals surface area contributed by atoms with Crippen LogP contribution in [-0.2, 0) is 14.8 Å². The molecule has 0 saturated carbocycles. The number of hydrogen-bond donors (Lipinski definition) is 1. The van der Waals surface area contributed by atoms with Gasteiger partial charge in [0, 0.05) is 5.69 Å². The Morgan fingerprint density at radius 2 is 1.38 bits per heavy atom. The summed E-state index contributed by atoms with van der Waals surface area (Å²) in [7, 11) is -3.64. The Kier molecular flexibility index (Phi) is 6.19. The molecule has 29 heavy (non-hydrogen) atoms. The highest BCUT2D eigenvalue weighted by Crippen LogP contribution is 2.24. The maximum Gasteiger partial charge on any atom is 0.247 e. The van der Waals surface area contributed by atoms with Gasteiger partial charge in [-0.25, -0.2) is 8.42 Å². The molecule has 0 aliphatic carbocycles. The maximum atomic E-state index is 12.7. The summed E-state index contributed by atoms with van der Waals surface area (Å²) < 4.78 is 31.4. The summed E-state index contributed by atoms with van der Waals surface area (Å²) >= 11 is 0. The third kappa shape index (κ3) is 5.36. The highest BCUT2D eigenvalue weighted by atomic mass is 32.2. The second kappa shape index (κ2) is 8.79. The van der Waals surface area contributed by atoms with Crippen LogP contribution in [0, 0.1) is 0 Å². The number of hydrogen-bond acceptors (Lipinski definition) is 4. The van der Waals surface area contributed by atoms with E-state index in [-0.39, 0.29) is 0 Å². The first-order valence-corrected chi connectivity index (χ1v) is 10.9. The zero-order valence-electron chi connectivity index (χ0n) is 16.1. The molecule has 0 heterocycles. The highest BCUT2D eigenvalue weighted by Gasteiger charge is 2.29. The van der Waals surface area contributed by atoms with Crippen LogP contribution in [0.2, 0.25) is 0 Å².